The molecule has 3 atom stereocenters. The Kier molecular flexibility index (Phi) is 8.28. The molecule has 0 aliphatic carbocycles. The number of aromatic nitrogens is 2. The Morgan fingerprint density at radius 3 is 2.74 bits per heavy atom. The smallest absolute Gasteiger partial charge is 0.318 e. The van der Waals surface area contributed by atoms with Crippen LogP contribution in [0.4, 0.5) is 10.2 Å². The van der Waals surface area contributed by atoms with Crippen molar-refractivity contribution in [3.8, 4) is 12.1 Å². The highest BCUT2D eigenvalue weighted by Gasteiger charge is 2.35. The van der Waals surface area contributed by atoms with E-state index in [1.807, 2.05) is 4.90 Å². The number of rotatable bonds is 7. The fourth-order valence-electron chi connectivity index (χ4n) is 6.70. The van der Waals surface area contributed by atoms with Crippen molar-refractivity contribution in [3.63, 3.8) is 0 Å². The highest BCUT2D eigenvalue weighted by molar-refractivity contribution is 5.91. The Morgan fingerprint density at radius 1 is 1.19 bits per heavy atom. The van der Waals surface area contributed by atoms with Crippen LogP contribution in [0.25, 0.3) is 10.8 Å². The lowest BCUT2D eigenvalue weighted by Crippen LogP contribution is -2.55. The molecule has 1 aromatic heterocycles. The van der Waals surface area contributed by atoms with Gasteiger partial charge >= 0.3 is 6.01 Å². The number of fused-ring (bicyclic) bond motifs is 2. The number of anilines is 1. The van der Waals surface area contributed by atoms with Crippen LogP contribution in [0, 0.1) is 18.3 Å². The number of aryl methyl sites for hydroxylation is 1. The highest BCUT2D eigenvalue weighted by atomic mass is 19.1. The van der Waals surface area contributed by atoms with Crippen molar-refractivity contribution in [2.75, 3.05) is 44.7 Å². The lowest BCUT2D eigenvalue weighted by Gasteiger charge is -2.42. The number of carbonyl (C=O) groups is 1. The maximum Gasteiger partial charge on any atom is 0.318 e. The summed E-state index contributed by atoms with van der Waals surface area (Å²) in [4.78, 5) is 28.0. The molecule has 0 radical (unpaired) electrons. The third-order valence-corrected chi connectivity index (χ3v) is 9.03. The van der Waals surface area contributed by atoms with Crippen LogP contribution < -0.4 is 9.64 Å². The van der Waals surface area contributed by atoms with Crippen molar-refractivity contribution >= 4 is 22.5 Å². The molecule has 10 heteroatoms. The molecule has 2 saturated heterocycles. The van der Waals surface area contributed by atoms with E-state index in [9.17, 15) is 14.4 Å². The van der Waals surface area contributed by atoms with Crippen LogP contribution in [0.2, 0.25) is 0 Å². The number of carbonyl (C=O) groups excluding carboxylic acids is 1. The van der Waals surface area contributed by atoms with Crippen molar-refractivity contribution < 1.29 is 18.7 Å². The molecule has 2 fully saturated rings. The largest absolute Gasteiger partial charge is 0.462 e. The van der Waals surface area contributed by atoms with Crippen LogP contribution in [0.15, 0.2) is 48.8 Å². The van der Waals surface area contributed by atoms with Crippen LogP contribution in [0.3, 0.4) is 0 Å². The highest BCUT2D eigenvalue weighted by Crippen LogP contribution is 2.38. The van der Waals surface area contributed by atoms with Gasteiger partial charge in [-0.05, 0) is 55.3 Å². The minimum absolute atomic E-state index is 0.0686. The van der Waals surface area contributed by atoms with Crippen LogP contribution >= 0.6 is 0 Å². The molecule has 3 aromatic rings. The first kappa shape index (κ1) is 29.0. The van der Waals surface area contributed by atoms with E-state index < -0.39 is 17.8 Å². The maximum atomic E-state index is 13.8. The number of likely N-dealkylation sites (N-methyl/N-ethyl adjacent to an activating group) is 1. The molecule has 0 spiro atoms. The average molecular weight is 585 g/mol. The zero-order valence-electron chi connectivity index (χ0n) is 24.8. The Bertz CT molecular complexity index is 1580. The van der Waals surface area contributed by atoms with Gasteiger partial charge in [-0.25, -0.2) is 4.39 Å². The molecule has 43 heavy (non-hydrogen) atoms. The summed E-state index contributed by atoms with van der Waals surface area (Å²) in [7, 11) is 2.11. The summed E-state index contributed by atoms with van der Waals surface area (Å²) in [5, 5.41) is 11.9. The first-order valence-electron chi connectivity index (χ1n) is 14.9. The molecular formula is C33H37FN6O3. The number of ether oxygens (including phenoxy) is 2. The van der Waals surface area contributed by atoms with Crippen LogP contribution in [0.5, 0.6) is 6.01 Å². The van der Waals surface area contributed by atoms with Gasteiger partial charge in [0, 0.05) is 37.7 Å². The Balaban J connectivity index is 1.34. The molecule has 0 N–H and O–H groups in total. The minimum atomic E-state index is -1.02. The normalized spacial score (nSPS) is 22.3. The molecule has 4 heterocycles. The second kappa shape index (κ2) is 12.3. The number of hydrogen-bond acceptors (Lipinski definition) is 8. The Labute approximate surface area is 251 Å². The van der Waals surface area contributed by atoms with Gasteiger partial charge in [-0.2, -0.15) is 15.2 Å². The topological polar surface area (TPSA) is 94.8 Å². The molecule has 9 nitrogen and oxygen atoms in total. The van der Waals surface area contributed by atoms with Gasteiger partial charge in [0.1, 0.15) is 12.4 Å². The maximum absolute atomic E-state index is 13.8. The van der Waals surface area contributed by atoms with Crippen molar-refractivity contribution in [1.29, 1.82) is 5.26 Å². The third kappa shape index (κ3) is 5.79. The van der Waals surface area contributed by atoms with Gasteiger partial charge in [-0.3, -0.25) is 4.79 Å². The van der Waals surface area contributed by atoms with Crippen LogP contribution in [-0.2, 0) is 22.6 Å². The molecule has 3 aliphatic rings. The molecular weight excluding hydrogens is 547 g/mol. The minimum Gasteiger partial charge on any atom is -0.462 e. The summed E-state index contributed by atoms with van der Waals surface area (Å²) < 4.78 is 26.5. The van der Waals surface area contributed by atoms with Crippen molar-refractivity contribution in [2.24, 2.45) is 0 Å². The van der Waals surface area contributed by atoms with Crippen LogP contribution in [-0.4, -0.2) is 77.6 Å². The first-order valence-corrected chi connectivity index (χ1v) is 14.9. The van der Waals surface area contributed by atoms with E-state index in [4.69, 9.17) is 19.4 Å². The van der Waals surface area contributed by atoms with Gasteiger partial charge in [0.2, 0.25) is 0 Å². The summed E-state index contributed by atoms with van der Waals surface area (Å²) >= 11 is 0. The van der Waals surface area contributed by atoms with E-state index >= 15 is 0 Å². The summed E-state index contributed by atoms with van der Waals surface area (Å²) in [5.41, 5.74) is 4.07. The Hall–Kier alpha value is -4.07. The summed E-state index contributed by atoms with van der Waals surface area (Å²) in [6.45, 7) is 8.13. The SMILES string of the molecule is C=C(F)C(=O)N1CCN(c2nc(OC[C@@H]3CCCN3C)nc3c2CO[C@@H](c2cccc4cccc(C)c24)C3)C[C@@H]1CC#N. The lowest BCUT2D eigenvalue weighted by atomic mass is 9.92. The predicted octanol–water partition coefficient (Wildman–Crippen LogP) is 4.64. The van der Waals surface area contributed by atoms with Crippen LogP contribution in [0.1, 0.15) is 47.8 Å². The number of hydrogen-bond donors (Lipinski definition) is 0. The zero-order chi connectivity index (χ0) is 30.1. The van der Waals surface area contributed by atoms with E-state index in [0.717, 1.165) is 36.2 Å². The van der Waals surface area contributed by atoms with Gasteiger partial charge in [-0.1, -0.05) is 43.0 Å². The van der Waals surface area contributed by atoms with E-state index in [2.05, 4.69) is 67.9 Å². The monoisotopic (exact) mass is 584 g/mol. The van der Waals surface area contributed by atoms with E-state index in [1.54, 1.807) is 0 Å². The van der Waals surface area contributed by atoms with Gasteiger partial charge in [-0.15, -0.1) is 0 Å². The lowest BCUT2D eigenvalue weighted by molar-refractivity contribution is -0.131. The fourth-order valence-corrected chi connectivity index (χ4v) is 6.70. The number of amides is 1. The number of benzene rings is 2. The third-order valence-electron chi connectivity index (χ3n) is 9.03. The van der Waals surface area contributed by atoms with Crippen molar-refractivity contribution in [3.05, 3.63) is 71.2 Å². The molecule has 224 valence electrons. The van der Waals surface area contributed by atoms with Gasteiger partial charge in [0.15, 0.2) is 5.83 Å². The predicted molar refractivity (Wildman–Crippen MR) is 161 cm³/mol. The molecule has 0 unspecified atom stereocenters. The second-order valence-corrected chi connectivity index (χ2v) is 11.7. The standard InChI is InChI=1S/C33H37FN6O3/c1-21-7-4-8-23-9-5-11-26(30(21)23)29-17-28-27(20-42-29)31(37-33(36-28)43-19-25-10-6-14-38(25)3)39-15-16-40(32(41)22(2)34)24(18-39)12-13-35/h4-5,7-9,11,24-25,29H,2,6,10,12,14-20H2,1,3H3/t24-,25-,29+/m0/s1. The zero-order valence-corrected chi connectivity index (χ0v) is 24.8. The molecule has 6 rings (SSSR count). The molecule has 3 aliphatic heterocycles. The number of piperazine rings is 1. The Morgan fingerprint density at radius 2 is 2.00 bits per heavy atom. The molecule has 1 amide bonds. The van der Waals surface area contributed by atoms with Gasteiger partial charge in [0.25, 0.3) is 5.91 Å². The molecule has 0 saturated carbocycles. The summed E-state index contributed by atoms with van der Waals surface area (Å²) in [6.07, 6.45) is 2.64. The van der Waals surface area contributed by atoms with Gasteiger partial charge < -0.3 is 24.2 Å². The van der Waals surface area contributed by atoms with Crippen molar-refractivity contribution in [2.45, 2.75) is 57.4 Å². The number of nitrogens with zero attached hydrogens (tertiary/aromatic N) is 6. The second-order valence-electron chi connectivity index (χ2n) is 11.7. The summed E-state index contributed by atoms with van der Waals surface area (Å²) in [5.74, 6) is -1.11. The van der Waals surface area contributed by atoms with E-state index in [1.165, 1.54) is 21.2 Å². The first-order chi connectivity index (χ1) is 20.8. The van der Waals surface area contributed by atoms with Crippen molar-refractivity contribution in [1.82, 2.24) is 19.8 Å². The molecule has 2 aromatic carbocycles. The molecule has 0 bridgehead atoms. The number of likely N-dealkylation sites (tertiary alicyclic amines) is 1. The fraction of sp³-hybridized carbons (Fsp3) is 0.455. The number of halogens is 1. The number of nitriles is 1. The van der Waals surface area contributed by atoms with E-state index in [0.29, 0.717) is 50.6 Å². The van der Waals surface area contributed by atoms with E-state index in [-0.39, 0.29) is 19.1 Å². The average Bonchev–Trinajstić information content (AvgIpc) is 3.43. The van der Waals surface area contributed by atoms with Gasteiger partial charge in [0.05, 0.1) is 36.9 Å². The summed E-state index contributed by atoms with van der Waals surface area (Å²) in [6, 6.07) is 14.9. The quantitative estimate of drug-likeness (QED) is 0.371.